The number of ether oxygens (including phenoxy) is 1. The molecular weight excluding hydrogens is 508 g/mol. The van der Waals surface area contributed by atoms with Gasteiger partial charge in [0.1, 0.15) is 21.8 Å². The number of carbonyl (C=O) groups excluding carboxylic acids is 1. The third-order valence-electron chi connectivity index (χ3n) is 5.66. The number of hydrogen-bond donors (Lipinski definition) is 1. The molecule has 0 spiro atoms. The SMILES string of the molecule is COc1cccc2c1c(CS(=O)(=O)c1ccc(Cl)s1)nn2Cc1cccc(CCC(=O)C(C)O)c1. The highest BCUT2D eigenvalue weighted by Crippen LogP contribution is 2.33. The zero-order chi connectivity index (χ0) is 25.2. The average molecular weight is 533 g/mol. The van der Waals surface area contributed by atoms with Gasteiger partial charge >= 0.3 is 0 Å². The number of aromatic nitrogens is 2. The fraction of sp³-hybridized carbons (Fsp3) is 0.280. The van der Waals surface area contributed by atoms with E-state index in [0.29, 0.717) is 34.1 Å². The number of nitrogens with zero attached hydrogens (tertiary/aromatic N) is 2. The van der Waals surface area contributed by atoms with Crippen molar-refractivity contribution >= 4 is 49.5 Å². The van der Waals surface area contributed by atoms with Gasteiger partial charge in [0.15, 0.2) is 15.6 Å². The Morgan fingerprint density at radius 3 is 2.60 bits per heavy atom. The maximum Gasteiger partial charge on any atom is 0.193 e. The van der Waals surface area contributed by atoms with Crippen molar-refractivity contribution in [3.05, 3.63) is 75.8 Å². The predicted octanol–water partition coefficient (Wildman–Crippen LogP) is 4.66. The third-order valence-corrected chi connectivity index (χ3v) is 9.10. The van der Waals surface area contributed by atoms with Crippen molar-refractivity contribution in [3.63, 3.8) is 0 Å². The van der Waals surface area contributed by atoms with Crippen molar-refractivity contribution in [2.75, 3.05) is 7.11 Å². The number of rotatable bonds is 10. The van der Waals surface area contributed by atoms with Gasteiger partial charge in [-0.1, -0.05) is 41.9 Å². The summed E-state index contributed by atoms with van der Waals surface area (Å²) in [6.07, 6.45) is -0.181. The standard InChI is InChI=1S/C25H25ClN2O5S2/c1-16(29)21(30)10-9-17-5-3-6-18(13-17)14-28-20-7-4-8-22(33-2)25(20)19(27-28)15-35(31,32)24-12-11-23(26)34-24/h3-8,11-13,16,29H,9-10,14-15H2,1-2H3. The van der Waals surface area contributed by atoms with Crippen LogP contribution in [0.3, 0.4) is 0 Å². The predicted molar refractivity (Wildman–Crippen MR) is 137 cm³/mol. The Balaban J connectivity index is 1.67. The summed E-state index contributed by atoms with van der Waals surface area (Å²) in [5.74, 6) is 0.0712. The number of aryl methyl sites for hydroxylation is 1. The van der Waals surface area contributed by atoms with Crippen LogP contribution in [0.4, 0.5) is 0 Å². The number of Topliss-reactive ketones (excluding diaryl/α,β-unsaturated/α-hetero) is 1. The van der Waals surface area contributed by atoms with Crippen LogP contribution in [0.2, 0.25) is 4.34 Å². The van der Waals surface area contributed by atoms with Gasteiger partial charge in [-0.2, -0.15) is 5.10 Å². The fourth-order valence-corrected chi connectivity index (χ4v) is 6.76. The Morgan fingerprint density at radius 1 is 1.17 bits per heavy atom. The van der Waals surface area contributed by atoms with E-state index in [9.17, 15) is 18.3 Å². The molecule has 4 aromatic rings. The topological polar surface area (TPSA) is 98.5 Å². The third kappa shape index (κ3) is 5.75. The molecule has 0 radical (unpaired) electrons. The molecule has 2 aromatic heterocycles. The number of methoxy groups -OCH3 is 1. The minimum absolute atomic E-state index is 0.194. The fourth-order valence-electron chi connectivity index (χ4n) is 3.91. The molecule has 0 bridgehead atoms. The second kappa shape index (κ2) is 10.5. The molecule has 7 nitrogen and oxygen atoms in total. The van der Waals surface area contributed by atoms with E-state index in [1.807, 2.05) is 36.4 Å². The normalized spacial score (nSPS) is 12.7. The van der Waals surface area contributed by atoms with Crippen molar-refractivity contribution < 1.29 is 23.1 Å². The Labute approximate surface area is 212 Å². The molecule has 2 heterocycles. The quantitative estimate of drug-likeness (QED) is 0.319. The molecule has 0 aliphatic rings. The van der Waals surface area contributed by atoms with Gasteiger partial charge in [0.05, 0.1) is 34.6 Å². The number of fused-ring (bicyclic) bond motifs is 1. The Hall–Kier alpha value is -2.72. The molecule has 184 valence electrons. The molecule has 2 aromatic carbocycles. The minimum atomic E-state index is -3.65. The lowest BCUT2D eigenvalue weighted by Gasteiger charge is -2.08. The van der Waals surface area contributed by atoms with Crippen LogP contribution in [0.15, 0.2) is 58.8 Å². The van der Waals surface area contributed by atoms with Crippen LogP contribution in [0.5, 0.6) is 5.75 Å². The van der Waals surface area contributed by atoms with Crippen LogP contribution >= 0.6 is 22.9 Å². The van der Waals surface area contributed by atoms with Gasteiger partial charge in [-0.15, -0.1) is 11.3 Å². The first-order valence-corrected chi connectivity index (χ1v) is 13.8. The molecule has 1 atom stereocenters. The van der Waals surface area contributed by atoms with Crippen molar-refractivity contribution in [1.29, 1.82) is 0 Å². The van der Waals surface area contributed by atoms with Crippen molar-refractivity contribution in [3.8, 4) is 5.75 Å². The molecule has 10 heteroatoms. The van der Waals surface area contributed by atoms with Crippen LogP contribution in [0.25, 0.3) is 10.9 Å². The van der Waals surface area contributed by atoms with E-state index < -0.39 is 15.9 Å². The summed E-state index contributed by atoms with van der Waals surface area (Å²) in [6.45, 7) is 1.88. The molecule has 35 heavy (non-hydrogen) atoms. The second-order valence-corrected chi connectivity index (χ2v) is 12.2. The minimum Gasteiger partial charge on any atom is -0.496 e. The lowest BCUT2D eigenvalue weighted by molar-refractivity contribution is -0.126. The van der Waals surface area contributed by atoms with Crippen molar-refractivity contribution in [2.45, 2.75) is 42.4 Å². The summed E-state index contributed by atoms with van der Waals surface area (Å²) in [6, 6.07) is 16.4. The smallest absolute Gasteiger partial charge is 0.193 e. The summed E-state index contributed by atoms with van der Waals surface area (Å²) in [7, 11) is -2.10. The molecule has 0 aliphatic carbocycles. The lowest BCUT2D eigenvalue weighted by Crippen LogP contribution is -2.16. The first kappa shape index (κ1) is 25.4. The van der Waals surface area contributed by atoms with Crippen LogP contribution in [-0.2, 0) is 33.4 Å². The van der Waals surface area contributed by atoms with E-state index in [4.69, 9.17) is 16.3 Å². The number of thiophene rings is 1. The Bertz CT molecular complexity index is 1470. The van der Waals surface area contributed by atoms with Crippen LogP contribution < -0.4 is 4.74 Å². The first-order chi connectivity index (χ1) is 16.7. The number of sulfone groups is 1. The molecule has 0 saturated heterocycles. The number of aliphatic hydroxyl groups excluding tert-OH is 1. The van der Waals surface area contributed by atoms with Crippen LogP contribution in [0, 0.1) is 0 Å². The van der Waals surface area contributed by atoms with Gasteiger partial charge in [0.2, 0.25) is 0 Å². The summed E-state index contributed by atoms with van der Waals surface area (Å²) < 4.78 is 34.0. The van der Waals surface area contributed by atoms with Gasteiger partial charge in [0, 0.05) is 6.42 Å². The summed E-state index contributed by atoms with van der Waals surface area (Å²) in [5.41, 5.74) is 3.09. The molecule has 4 rings (SSSR count). The van der Waals surface area contributed by atoms with Gasteiger partial charge in [-0.05, 0) is 48.7 Å². The van der Waals surface area contributed by atoms with Crippen molar-refractivity contribution in [2.24, 2.45) is 0 Å². The number of halogens is 1. The van der Waals surface area contributed by atoms with E-state index in [0.717, 1.165) is 28.0 Å². The van der Waals surface area contributed by atoms with E-state index in [2.05, 4.69) is 5.10 Å². The number of carbonyl (C=O) groups is 1. The average Bonchev–Trinajstić information content (AvgIpc) is 3.41. The highest BCUT2D eigenvalue weighted by Gasteiger charge is 2.24. The highest BCUT2D eigenvalue weighted by molar-refractivity contribution is 7.92. The van der Waals surface area contributed by atoms with Crippen LogP contribution in [0.1, 0.15) is 30.2 Å². The van der Waals surface area contributed by atoms with E-state index in [-0.39, 0.29) is 22.2 Å². The number of ketones is 1. The summed E-state index contributed by atoms with van der Waals surface area (Å²) in [5, 5.41) is 14.8. The van der Waals surface area contributed by atoms with Gasteiger partial charge in [-0.3, -0.25) is 9.48 Å². The molecule has 0 fully saturated rings. The van der Waals surface area contributed by atoms with Gasteiger partial charge in [-0.25, -0.2) is 8.42 Å². The summed E-state index contributed by atoms with van der Waals surface area (Å²) in [4.78, 5) is 11.8. The zero-order valence-corrected chi connectivity index (χ0v) is 21.7. The molecule has 0 saturated carbocycles. The van der Waals surface area contributed by atoms with Gasteiger partial charge < -0.3 is 9.84 Å². The largest absolute Gasteiger partial charge is 0.496 e. The van der Waals surface area contributed by atoms with Crippen molar-refractivity contribution in [1.82, 2.24) is 9.78 Å². The highest BCUT2D eigenvalue weighted by atomic mass is 35.5. The van der Waals surface area contributed by atoms with Crippen LogP contribution in [-0.4, -0.2) is 42.3 Å². The molecule has 0 amide bonds. The summed E-state index contributed by atoms with van der Waals surface area (Å²) >= 11 is 6.98. The molecule has 1 unspecified atom stereocenters. The first-order valence-electron chi connectivity index (χ1n) is 11.0. The second-order valence-electron chi connectivity index (χ2n) is 8.24. The number of hydrogen-bond acceptors (Lipinski definition) is 7. The zero-order valence-electron chi connectivity index (χ0n) is 19.3. The van der Waals surface area contributed by atoms with E-state index >= 15 is 0 Å². The monoisotopic (exact) mass is 532 g/mol. The Kier molecular flexibility index (Phi) is 7.61. The van der Waals surface area contributed by atoms with E-state index in [1.165, 1.54) is 13.0 Å². The lowest BCUT2D eigenvalue weighted by atomic mass is 10.0. The molecular formula is C25H25ClN2O5S2. The maximum atomic E-state index is 13.1. The maximum absolute atomic E-state index is 13.1. The van der Waals surface area contributed by atoms with E-state index in [1.54, 1.807) is 23.9 Å². The molecule has 0 aliphatic heterocycles. The Morgan fingerprint density at radius 2 is 1.91 bits per heavy atom. The number of benzene rings is 2. The number of aliphatic hydroxyl groups is 1. The molecule has 1 N–H and O–H groups in total. The van der Waals surface area contributed by atoms with Gasteiger partial charge in [0.25, 0.3) is 0 Å².